The Kier molecular flexibility index (Phi) is 6.38. The van der Waals surface area contributed by atoms with Crippen LogP contribution in [-0.4, -0.2) is 56.4 Å². The molecule has 166 valence electrons. The van der Waals surface area contributed by atoms with Crippen molar-refractivity contribution in [2.75, 3.05) is 25.0 Å². The minimum Gasteiger partial charge on any atom is -0.475 e. The molecule has 0 radical (unpaired) electrons. The Morgan fingerprint density at radius 2 is 2.23 bits per heavy atom. The lowest BCUT2D eigenvalue weighted by molar-refractivity contribution is -0.132. The number of piperidine rings is 1. The van der Waals surface area contributed by atoms with E-state index in [1.807, 2.05) is 0 Å². The molecule has 3 rings (SSSR count). The number of nitrogens with one attached hydrogen (secondary N) is 1. The number of rotatable bonds is 6. The van der Waals surface area contributed by atoms with Gasteiger partial charge in [-0.05, 0) is 27.2 Å². The normalized spacial score (nSPS) is 19.1. The Morgan fingerprint density at radius 3 is 2.87 bits per heavy atom. The molecular formula is C20H25F2N7O2. The van der Waals surface area contributed by atoms with E-state index in [0.29, 0.717) is 24.3 Å². The minimum absolute atomic E-state index is 0.00470. The molecule has 1 N–H and O–H groups in total. The summed E-state index contributed by atoms with van der Waals surface area (Å²) in [5.74, 6) is -1.61. The summed E-state index contributed by atoms with van der Waals surface area (Å²) in [4.78, 5) is 20.8. The summed E-state index contributed by atoms with van der Waals surface area (Å²) in [5.41, 5.74) is 0.321. The van der Waals surface area contributed by atoms with Gasteiger partial charge in [-0.15, -0.1) is 0 Å². The third-order valence-electron chi connectivity index (χ3n) is 5.26. The molecule has 0 aromatic carbocycles. The molecule has 2 unspecified atom stereocenters. The number of halogens is 2. The monoisotopic (exact) mass is 433 g/mol. The fourth-order valence-corrected chi connectivity index (χ4v) is 3.17. The number of hydrogen-bond acceptors (Lipinski definition) is 7. The van der Waals surface area contributed by atoms with Crippen molar-refractivity contribution in [1.82, 2.24) is 24.6 Å². The molecule has 1 amide bonds. The predicted octanol–water partition coefficient (Wildman–Crippen LogP) is 2.71. The maximum Gasteiger partial charge on any atom is 0.255 e. The van der Waals surface area contributed by atoms with Gasteiger partial charge in [0.1, 0.15) is 11.7 Å². The van der Waals surface area contributed by atoms with Crippen molar-refractivity contribution < 1.29 is 18.3 Å². The van der Waals surface area contributed by atoms with Crippen LogP contribution in [0.1, 0.15) is 32.9 Å². The van der Waals surface area contributed by atoms with Crippen LogP contribution in [0, 0.1) is 30.0 Å². The van der Waals surface area contributed by atoms with E-state index >= 15 is 0 Å². The summed E-state index contributed by atoms with van der Waals surface area (Å²) in [7, 11) is 0. The van der Waals surface area contributed by atoms with Gasteiger partial charge >= 0.3 is 0 Å². The first-order chi connectivity index (χ1) is 14.6. The molecule has 1 aliphatic rings. The lowest BCUT2D eigenvalue weighted by Crippen LogP contribution is -2.45. The van der Waals surface area contributed by atoms with Gasteiger partial charge in [0.25, 0.3) is 5.88 Å². The zero-order chi connectivity index (χ0) is 22.8. The Labute approximate surface area is 179 Å². The van der Waals surface area contributed by atoms with Crippen LogP contribution in [0.5, 0.6) is 5.88 Å². The van der Waals surface area contributed by atoms with Gasteiger partial charge < -0.3 is 15.0 Å². The summed E-state index contributed by atoms with van der Waals surface area (Å²) >= 11 is 0. The van der Waals surface area contributed by atoms with Crippen LogP contribution in [0.15, 0.2) is 12.4 Å². The van der Waals surface area contributed by atoms with Crippen molar-refractivity contribution in [3.8, 4) is 11.9 Å². The van der Waals surface area contributed by atoms with Crippen molar-refractivity contribution in [2.45, 2.75) is 45.8 Å². The zero-order valence-electron chi connectivity index (χ0n) is 17.9. The number of alkyl halides is 1. The van der Waals surface area contributed by atoms with Gasteiger partial charge in [-0.2, -0.15) is 19.7 Å². The highest BCUT2D eigenvalue weighted by Gasteiger charge is 2.31. The second kappa shape index (κ2) is 8.83. The van der Waals surface area contributed by atoms with Crippen LogP contribution < -0.4 is 10.1 Å². The molecule has 3 heterocycles. The summed E-state index contributed by atoms with van der Waals surface area (Å²) in [6.45, 7) is 6.98. The fraction of sp³-hybridized carbons (Fsp3) is 0.550. The Balaban J connectivity index is 1.68. The molecule has 2 aromatic heterocycles. The van der Waals surface area contributed by atoms with Gasteiger partial charge in [0.05, 0.1) is 43.0 Å². The number of amides is 1. The van der Waals surface area contributed by atoms with Crippen LogP contribution in [0.3, 0.4) is 0 Å². The highest BCUT2D eigenvalue weighted by atomic mass is 19.1. The Morgan fingerprint density at radius 1 is 1.48 bits per heavy atom. The zero-order valence-corrected chi connectivity index (χ0v) is 17.9. The molecule has 11 heteroatoms. The molecule has 31 heavy (non-hydrogen) atoms. The number of nitriles is 1. The topological polar surface area (TPSA) is 109 Å². The third-order valence-corrected chi connectivity index (χ3v) is 5.26. The van der Waals surface area contributed by atoms with Gasteiger partial charge in [0.15, 0.2) is 0 Å². The number of likely N-dealkylation sites (tertiary alicyclic amines) is 1. The first-order valence-corrected chi connectivity index (χ1v) is 9.90. The van der Waals surface area contributed by atoms with E-state index in [1.54, 1.807) is 27.0 Å². The van der Waals surface area contributed by atoms with Gasteiger partial charge in [0, 0.05) is 19.4 Å². The van der Waals surface area contributed by atoms with Crippen LogP contribution in [0.25, 0.3) is 0 Å². The molecule has 1 aliphatic heterocycles. The second-order valence-corrected chi connectivity index (χ2v) is 8.06. The van der Waals surface area contributed by atoms with Gasteiger partial charge in [-0.3, -0.25) is 9.48 Å². The average Bonchev–Trinajstić information content (AvgIpc) is 3.10. The van der Waals surface area contributed by atoms with Crippen molar-refractivity contribution >= 4 is 17.5 Å². The van der Waals surface area contributed by atoms with Crippen molar-refractivity contribution in [3.63, 3.8) is 0 Å². The molecule has 2 aromatic rings. The molecule has 0 spiro atoms. The van der Waals surface area contributed by atoms with Crippen LogP contribution >= 0.6 is 0 Å². The van der Waals surface area contributed by atoms with E-state index in [4.69, 9.17) is 4.74 Å². The first kappa shape index (κ1) is 22.4. The van der Waals surface area contributed by atoms with E-state index in [1.165, 1.54) is 16.5 Å². The van der Waals surface area contributed by atoms with Crippen molar-refractivity contribution in [2.24, 2.45) is 5.92 Å². The average molecular weight is 433 g/mol. The molecule has 0 aliphatic carbocycles. The predicted molar refractivity (Wildman–Crippen MR) is 108 cm³/mol. The molecule has 0 saturated carbocycles. The van der Waals surface area contributed by atoms with Crippen molar-refractivity contribution in [1.29, 1.82) is 5.26 Å². The largest absolute Gasteiger partial charge is 0.475 e. The van der Waals surface area contributed by atoms with E-state index in [2.05, 4.69) is 26.5 Å². The standard InChI is InChI=1S/C20H25F2N7O2/c1-12-17(9-29(27-12)20(3,4)11-23)25-19-24-7-15(21)18(26-19)31-10-14-5-6-28(13(2)30)8-16(14)22/h7,9,14,16H,5-6,8,10H2,1-4H3,(H,24,25,26). The highest BCUT2D eigenvalue weighted by molar-refractivity contribution is 5.73. The summed E-state index contributed by atoms with van der Waals surface area (Å²) in [6.07, 6.45) is 1.78. The van der Waals surface area contributed by atoms with Crippen LogP contribution in [-0.2, 0) is 10.3 Å². The lowest BCUT2D eigenvalue weighted by atomic mass is 9.96. The van der Waals surface area contributed by atoms with Gasteiger partial charge in [0.2, 0.25) is 17.7 Å². The number of ether oxygens (including phenoxy) is 1. The number of aryl methyl sites for hydroxylation is 1. The SMILES string of the molecule is CC(=O)N1CCC(COc2nc(Nc3cn(C(C)(C)C#N)nc3C)ncc2F)C(F)C1. The minimum atomic E-state index is -1.25. The van der Waals surface area contributed by atoms with E-state index in [9.17, 15) is 18.8 Å². The maximum absolute atomic E-state index is 14.4. The number of carbonyl (C=O) groups excluding carboxylic acids is 1. The quantitative estimate of drug-likeness (QED) is 0.746. The molecule has 1 saturated heterocycles. The summed E-state index contributed by atoms with van der Waals surface area (Å²) < 4.78 is 35.5. The number of hydrogen-bond donors (Lipinski definition) is 1. The number of carbonyl (C=O) groups is 1. The van der Waals surface area contributed by atoms with E-state index in [-0.39, 0.29) is 30.9 Å². The Bertz CT molecular complexity index is 1000. The number of aromatic nitrogens is 4. The summed E-state index contributed by atoms with van der Waals surface area (Å²) in [5, 5.41) is 16.5. The molecule has 0 bridgehead atoms. The fourth-order valence-electron chi connectivity index (χ4n) is 3.17. The molecule has 2 atom stereocenters. The number of anilines is 2. The maximum atomic E-state index is 14.4. The second-order valence-electron chi connectivity index (χ2n) is 8.06. The van der Waals surface area contributed by atoms with Gasteiger partial charge in [-0.1, -0.05) is 0 Å². The molecule has 9 nitrogen and oxygen atoms in total. The van der Waals surface area contributed by atoms with Crippen molar-refractivity contribution in [3.05, 3.63) is 23.9 Å². The van der Waals surface area contributed by atoms with Gasteiger partial charge in [-0.25, -0.2) is 9.37 Å². The Hall–Kier alpha value is -3.29. The smallest absolute Gasteiger partial charge is 0.255 e. The highest BCUT2D eigenvalue weighted by Crippen LogP contribution is 2.25. The molecular weight excluding hydrogens is 408 g/mol. The third kappa shape index (κ3) is 5.07. The lowest BCUT2D eigenvalue weighted by Gasteiger charge is -2.33. The first-order valence-electron chi connectivity index (χ1n) is 9.90. The van der Waals surface area contributed by atoms with Crippen LogP contribution in [0.2, 0.25) is 0 Å². The van der Waals surface area contributed by atoms with E-state index < -0.39 is 23.4 Å². The molecule has 1 fully saturated rings. The number of nitrogens with zero attached hydrogens (tertiary/aromatic N) is 6. The summed E-state index contributed by atoms with van der Waals surface area (Å²) in [6, 6.07) is 2.16. The van der Waals surface area contributed by atoms with E-state index in [0.717, 1.165) is 6.20 Å². The van der Waals surface area contributed by atoms with Crippen LogP contribution in [0.4, 0.5) is 20.4 Å².